The summed E-state index contributed by atoms with van der Waals surface area (Å²) in [6.45, 7) is 11.1. The monoisotopic (exact) mass is 296 g/mol. The van der Waals surface area contributed by atoms with Gasteiger partial charge in [0.1, 0.15) is 0 Å². The molecule has 0 aromatic carbocycles. The zero-order valence-corrected chi connectivity index (χ0v) is 14.4. The molecule has 3 nitrogen and oxygen atoms in total. The van der Waals surface area contributed by atoms with Crippen molar-refractivity contribution in [3.05, 3.63) is 0 Å². The Bertz CT molecular complexity index is 284. The van der Waals surface area contributed by atoms with E-state index in [1.807, 2.05) is 0 Å². The van der Waals surface area contributed by atoms with Crippen LogP contribution in [0.3, 0.4) is 0 Å². The van der Waals surface area contributed by atoms with E-state index >= 15 is 0 Å². The summed E-state index contributed by atoms with van der Waals surface area (Å²) in [7, 11) is 0. The Morgan fingerprint density at radius 2 is 2.00 bits per heavy atom. The van der Waals surface area contributed by atoms with E-state index < -0.39 is 0 Å². The lowest BCUT2D eigenvalue weighted by Crippen LogP contribution is -2.59. The molecule has 4 unspecified atom stereocenters. The van der Waals surface area contributed by atoms with Gasteiger partial charge in [0.15, 0.2) is 0 Å². The van der Waals surface area contributed by atoms with E-state index in [0.717, 1.165) is 31.7 Å². The maximum absolute atomic E-state index is 5.72. The molecular weight excluding hydrogens is 260 g/mol. The Kier molecular flexibility index (Phi) is 7.48. The Morgan fingerprint density at radius 1 is 1.14 bits per heavy atom. The van der Waals surface area contributed by atoms with Gasteiger partial charge in [-0.25, -0.2) is 0 Å². The molecule has 21 heavy (non-hydrogen) atoms. The number of hydrogen-bond acceptors (Lipinski definition) is 3. The summed E-state index contributed by atoms with van der Waals surface area (Å²) in [6, 6.07) is 2.07. The number of nitrogens with one attached hydrogen (secondary N) is 1. The lowest BCUT2D eigenvalue weighted by atomic mass is 9.78. The quantitative estimate of drug-likeness (QED) is 0.779. The summed E-state index contributed by atoms with van der Waals surface area (Å²) in [5.41, 5.74) is 0. The number of morpholine rings is 1. The molecule has 1 aliphatic carbocycles. The molecular formula is C18H36N2O. The van der Waals surface area contributed by atoms with Crippen molar-refractivity contribution in [2.75, 3.05) is 26.3 Å². The molecule has 2 aliphatic rings. The van der Waals surface area contributed by atoms with E-state index in [1.165, 1.54) is 51.5 Å². The first-order valence-electron chi connectivity index (χ1n) is 9.36. The maximum atomic E-state index is 5.72. The molecule has 1 N–H and O–H groups in total. The molecule has 0 bridgehead atoms. The lowest BCUT2D eigenvalue weighted by Gasteiger charge is -2.48. The normalized spacial score (nSPS) is 35.0. The van der Waals surface area contributed by atoms with E-state index in [9.17, 15) is 0 Å². The average Bonchev–Trinajstić information content (AvgIpc) is 2.54. The molecule has 0 aromatic rings. The summed E-state index contributed by atoms with van der Waals surface area (Å²) in [5.74, 6) is 0.944. The summed E-state index contributed by atoms with van der Waals surface area (Å²) in [6.07, 6.45) is 9.39. The minimum Gasteiger partial charge on any atom is -0.378 e. The molecule has 2 rings (SSSR count). The Labute approximate surface area is 131 Å². The van der Waals surface area contributed by atoms with Gasteiger partial charge in [-0.2, -0.15) is 0 Å². The van der Waals surface area contributed by atoms with Crippen LogP contribution in [-0.2, 0) is 4.74 Å². The first-order chi connectivity index (χ1) is 10.3. The van der Waals surface area contributed by atoms with Gasteiger partial charge in [0.2, 0.25) is 0 Å². The second kappa shape index (κ2) is 9.12. The van der Waals surface area contributed by atoms with E-state index in [2.05, 4.69) is 31.0 Å². The van der Waals surface area contributed by atoms with Crippen LogP contribution in [0.25, 0.3) is 0 Å². The standard InChI is InChI=1S/C18H36N2O/c1-4-7-15-8-9-17(19-10-5-2)18(13-15)20-11-12-21-14-16(20)6-3/h15-19H,4-14H2,1-3H3. The summed E-state index contributed by atoms with van der Waals surface area (Å²) < 4.78 is 5.72. The highest BCUT2D eigenvalue weighted by atomic mass is 16.5. The van der Waals surface area contributed by atoms with Gasteiger partial charge in [-0.05, 0) is 44.6 Å². The minimum absolute atomic E-state index is 0.634. The van der Waals surface area contributed by atoms with Gasteiger partial charge < -0.3 is 10.1 Å². The van der Waals surface area contributed by atoms with Gasteiger partial charge in [0.05, 0.1) is 13.2 Å². The number of nitrogens with zero attached hydrogens (tertiary/aromatic N) is 1. The third-order valence-electron chi connectivity index (χ3n) is 5.45. The van der Waals surface area contributed by atoms with Crippen molar-refractivity contribution >= 4 is 0 Å². The van der Waals surface area contributed by atoms with Crippen molar-refractivity contribution in [2.24, 2.45) is 5.92 Å². The van der Waals surface area contributed by atoms with Crippen LogP contribution in [-0.4, -0.2) is 49.3 Å². The van der Waals surface area contributed by atoms with Crippen LogP contribution in [0.15, 0.2) is 0 Å². The second-order valence-electron chi connectivity index (χ2n) is 6.97. The zero-order valence-electron chi connectivity index (χ0n) is 14.4. The first kappa shape index (κ1) is 17.2. The molecule has 0 radical (unpaired) electrons. The molecule has 124 valence electrons. The van der Waals surface area contributed by atoms with Gasteiger partial charge in [-0.3, -0.25) is 4.90 Å². The second-order valence-corrected chi connectivity index (χ2v) is 6.97. The number of ether oxygens (including phenoxy) is 1. The minimum atomic E-state index is 0.634. The van der Waals surface area contributed by atoms with Crippen LogP contribution in [0.5, 0.6) is 0 Å². The average molecular weight is 296 g/mol. The molecule has 0 amide bonds. The van der Waals surface area contributed by atoms with Crippen molar-refractivity contribution in [2.45, 2.75) is 83.8 Å². The largest absolute Gasteiger partial charge is 0.378 e. The van der Waals surface area contributed by atoms with Crippen molar-refractivity contribution < 1.29 is 4.74 Å². The zero-order chi connectivity index (χ0) is 15.1. The van der Waals surface area contributed by atoms with Crippen LogP contribution >= 0.6 is 0 Å². The molecule has 0 aromatic heterocycles. The van der Waals surface area contributed by atoms with Crippen molar-refractivity contribution in [1.29, 1.82) is 0 Å². The fraction of sp³-hybridized carbons (Fsp3) is 1.00. The predicted octanol–water partition coefficient (Wildman–Crippen LogP) is 3.43. The van der Waals surface area contributed by atoms with Gasteiger partial charge >= 0.3 is 0 Å². The highest BCUT2D eigenvalue weighted by Gasteiger charge is 2.37. The van der Waals surface area contributed by atoms with Crippen LogP contribution in [0, 0.1) is 5.92 Å². The fourth-order valence-electron chi connectivity index (χ4n) is 4.29. The van der Waals surface area contributed by atoms with Gasteiger partial charge in [0.25, 0.3) is 0 Å². The Morgan fingerprint density at radius 3 is 2.71 bits per heavy atom. The third-order valence-corrected chi connectivity index (χ3v) is 5.45. The topological polar surface area (TPSA) is 24.5 Å². The van der Waals surface area contributed by atoms with Crippen LogP contribution in [0.2, 0.25) is 0 Å². The van der Waals surface area contributed by atoms with Gasteiger partial charge in [0, 0.05) is 24.7 Å². The highest BCUT2D eigenvalue weighted by Crippen LogP contribution is 2.33. The van der Waals surface area contributed by atoms with Crippen LogP contribution in [0.1, 0.15) is 65.7 Å². The third kappa shape index (κ3) is 4.67. The first-order valence-corrected chi connectivity index (χ1v) is 9.36. The van der Waals surface area contributed by atoms with Gasteiger partial charge in [-0.1, -0.05) is 33.6 Å². The lowest BCUT2D eigenvalue weighted by molar-refractivity contribution is -0.0499. The smallest absolute Gasteiger partial charge is 0.0622 e. The fourth-order valence-corrected chi connectivity index (χ4v) is 4.29. The highest BCUT2D eigenvalue weighted by molar-refractivity contribution is 4.94. The molecule has 1 saturated carbocycles. The van der Waals surface area contributed by atoms with Crippen molar-refractivity contribution in [1.82, 2.24) is 10.2 Å². The molecule has 1 heterocycles. The van der Waals surface area contributed by atoms with Gasteiger partial charge in [-0.15, -0.1) is 0 Å². The van der Waals surface area contributed by atoms with Crippen molar-refractivity contribution in [3.8, 4) is 0 Å². The maximum Gasteiger partial charge on any atom is 0.0622 e. The molecule has 4 atom stereocenters. The summed E-state index contributed by atoms with van der Waals surface area (Å²) in [4.78, 5) is 2.79. The predicted molar refractivity (Wildman–Crippen MR) is 89.7 cm³/mol. The molecule has 1 saturated heterocycles. The molecule has 0 spiro atoms. The van der Waals surface area contributed by atoms with E-state index in [0.29, 0.717) is 12.1 Å². The van der Waals surface area contributed by atoms with Crippen molar-refractivity contribution in [3.63, 3.8) is 0 Å². The Balaban J connectivity index is 2.03. The van der Waals surface area contributed by atoms with E-state index in [4.69, 9.17) is 4.74 Å². The summed E-state index contributed by atoms with van der Waals surface area (Å²) in [5, 5.41) is 3.84. The number of hydrogen-bond donors (Lipinski definition) is 1. The van der Waals surface area contributed by atoms with Crippen LogP contribution in [0.4, 0.5) is 0 Å². The molecule has 1 aliphatic heterocycles. The van der Waals surface area contributed by atoms with E-state index in [-0.39, 0.29) is 0 Å². The Hall–Kier alpha value is -0.120. The SMILES string of the molecule is CCCNC1CCC(CCC)CC1N1CCOCC1CC. The molecule has 3 heteroatoms. The van der Waals surface area contributed by atoms with E-state index in [1.54, 1.807) is 0 Å². The summed E-state index contributed by atoms with van der Waals surface area (Å²) >= 11 is 0. The molecule has 2 fully saturated rings. The number of rotatable bonds is 7. The van der Waals surface area contributed by atoms with Crippen LogP contribution < -0.4 is 5.32 Å².